The second-order valence-corrected chi connectivity index (χ2v) is 8.63. The first-order chi connectivity index (χ1) is 14.5. The molecule has 0 saturated carbocycles. The van der Waals surface area contributed by atoms with E-state index in [1.54, 1.807) is 0 Å². The van der Waals surface area contributed by atoms with Crippen molar-refractivity contribution in [3.05, 3.63) is 35.9 Å². The molecule has 1 heterocycles. The summed E-state index contributed by atoms with van der Waals surface area (Å²) in [7, 11) is 4.08. The summed E-state index contributed by atoms with van der Waals surface area (Å²) in [5.74, 6) is 1.50. The predicted octanol–water partition coefficient (Wildman–Crippen LogP) is 2.51. The molecule has 1 aliphatic heterocycles. The third-order valence-electron chi connectivity index (χ3n) is 6.38. The van der Waals surface area contributed by atoms with Gasteiger partial charge in [-0.15, -0.1) is 0 Å². The van der Waals surface area contributed by atoms with Gasteiger partial charge in [0.25, 0.3) is 0 Å². The van der Waals surface area contributed by atoms with Crippen LogP contribution in [0.1, 0.15) is 39.3 Å². The van der Waals surface area contributed by atoms with Gasteiger partial charge in [-0.1, -0.05) is 58.0 Å². The molecular weight excluding hydrogens is 372 g/mol. The highest BCUT2D eigenvalue weighted by molar-refractivity contribution is 5.79. The monoisotopic (exact) mass is 416 g/mol. The molecule has 6 nitrogen and oxygen atoms in total. The fraction of sp³-hybridized carbons (Fsp3) is 0.708. The first-order valence-corrected chi connectivity index (χ1v) is 11.7. The number of likely N-dealkylation sites (N-methyl/N-ethyl adjacent to an activating group) is 2. The molecular formula is C24H44N6. The average Bonchev–Trinajstić information content (AvgIpc) is 2.76. The molecule has 1 saturated heterocycles. The Labute approximate surface area is 184 Å². The summed E-state index contributed by atoms with van der Waals surface area (Å²) in [4.78, 5) is 12.0. The highest BCUT2D eigenvalue weighted by Gasteiger charge is 2.25. The summed E-state index contributed by atoms with van der Waals surface area (Å²) < 4.78 is 0. The van der Waals surface area contributed by atoms with E-state index in [0.29, 0.717) is 18.0 Å². The number of nitrogens with zero attached hydrogens (tertiary/aromatic N) is 4. The molecule has 1 aromatic carbocycles. The van der Waals surface area contributed by atoms with E-state index in [2.05, 4.69) is 95.4 Å². The van der Waals surface area contributed by atoms with Crippen molar-refractivity contribution in [2.24, 2.45) is 10.9 Å². The van der Waals surface area contributed by atoms with E-state index >= 15 is 0 Å². The van der Waals surface area contributed by atoms with Crippen molar-refractivity contribution in [1.29, 1.82) is 0 Å². The molecule has 1 fully saturated rings. The molecule has 1 aromatic rings. The number of hydrogen-bond donors (Lipinski definition) is 2. The lowest BCUT2D eigenvalue weighted by atomic mass is 10.0. The zero-order valence-corrected chi connectivity index (χ0v) is 20.1. The number of rotatable bonds is 10. The summed E-state index contributed by atoms with van der Waals surface area (Å²) in [6, 6.07) is 11.6. The minimum atomic E-state index is 0.332. The fourth-order valence-electron chi connectivity index (χ4n) is 4.35. The van der Waals surface area contributed by atoms with Crippen LogP contribution in [0.4, 0.5) is 0 Å². The van der Waals surface area contributed by atoms with E-state index in [0.717, 1.165) is 58.3 Å². The van der Waals surface area contributed by atoms with Gasteiger partial charge in [0.15, 0.2) is 5.96 Å². The lowest BCUT2D eigenvalue weighted by Gasteiger charge is -2.40. The maximum atomic E-state index is 4.50. The lowest BCUT2D eigenvalue weighted by Crippen LogP contribution is -2.55. The number of hydrogen-bond acceptors (Lipinski definition) is 4. The quantitative estimate of drug-likeness (QED) is 0.453. The van der Waals surface area contributed by atoms with Crippen molar-refractivity contribution in [2.45, 2.75) is 39.8 Å². The Morgan fingerprint density at radius 3 is 2.13 bits per heavy atom. The molecule has 30 heavy (non-hydrogen) atoms. The molecule has 6 heteroatoms. The van der Waals surface area contributed by atoms with Gasteiger partial charge < -0.3 is 15.5 Å². The zero-order chi connectivity index (χ0) is 21.9. The van der Waals surface area contributed by atoms with E-state index in [1.165, 1.54) is 5.56 Å². The molecule has 0 spiro atoms. The van der Waals surface area contributed by atoms with Crippen LogP contribution in [0.15, 0.2) is 35.3 Å². The number of piperazine rings is 1. The molecule has 0 radical (unpaired) electrons. The third-order valence-corrected chi connectivity index (χ3v) is 6.38. The highest BCUT2D eigenvalue weighted by Crippen LogP contribution is 2.19. The van der Waals surface area contributed by atoms with Crippen LogP contribution in [0.2, 0.25) is 0 Å². The summed E-state index contributed by atoms with van der Waals surface area (Å²) in [5.41, 5.74) is 1.35. The maximum absolute atomic E-state index is 4.50. The Balaban J connectivity index is 1.96. The van der Waals surface area contributed by atoms with Crippen molar-refractivity contribution in [2.75, 3.05) is 66.5 Å². The van der Waals surface area contributed by atoms with Crippen LogP contribution in [0.5, 0.6) is 0 Å². The molecule has 170 valence electrons. The topological polar surface area (TPSA) is 46.1 Å². The lowest BCUT2D eigenvalue weighted by molar-refractivity contribution is 0.0899. The van der Waals surface area contributed by atoms with Gasteiger partial charge in [-0.2, -0.15) is 0 Å². The maximum Gasteiger partial charge on any atom is 0.191 e. The molecule has 2 unspecified atom stereocenters. The molecule has 0 aliphatic carbocycles. The van der Waals surface area contributed by atoms with E-state index in [1.807, 2.05) is 7.05 Å². The average molecular weight is 417 g/mol. The predicted molar refractivity (Wildman–Crippen MR) is 129 cm³/mol. The Hall–Kier alpha value is -1.63. The van der Waals surface area contributed by atoms with Gasteiger partial charge in [-0.3, -0.25) is 14.8 Å². The van der Waals surface area contributed by atoms with Crippen LogP contribution >= 0.6 is 0 Å². The third kappa shape index (κ3) is 7.25. The van der Waals surface area contributed by atoms with E-state index < -0.39 is 0 Å². The normalized spacial score (nSPS) is 18.6. The summed E-state index contributed by atoms with van der Waals surface area (Å²) >= 11 is 0. The van der Waals surface area contributed by atoms with Crippen molar-refractivity contribution in [3.63, 3.8) is 0 Å². The Morgan fingerprint density at radius 2 is 1.60 bits per heavy atom. The first-order valence-electron chi connectivity index (χ1n) is 11.7. The summed E-state index contributed by atoms with van der Waals surface area (Å²) in [6.07, 6.45) is 0. The minimum absolute atomic E-state index is 0.332. The van der Waals surface area contributed by atoms with Gasteiger partial charge in [-0.05, 0) is 31.6 Å². The fourth-order valence-corrected chi connectivity index (χ4v) is 4.35. The highest BCUT2D eigenvalue weighted by atomic mass is 15.3. The minimum Gasteiger partial charge on any atom is -0.355 e. The smallest absolute Gasteiger partial charge is 0.191 e. The summed E-state index contributed by atoms with van der Waals surface area (Å²) in [5, 5.41) is 7.20. The van der Waals surface area contributed by atoms with Crippen LogP contribution in [0.3, 0.4) is 0 Å². The number of aliphatic imine (C=N–C) groups is 1. The van der Waals surface area contributed by atoms with Crippen LogP contribution < -0.4 is 10.6 Å². The van der Waals surface area contributed by atoms with Gasteiger partial charge >= 0.3 is 0 Å². The number of benzene rings is 1. The molecule has 2 atom stereocenters. The second kappa shape index (κ2) is 12.9. The Bertz CT molecular complexity index is 605. The summed E-state index contributed by atoms with van der Waals surface area (Å²) in [6.45, 7) is 17.5. The second-order valence-electron chi connectivity index (χ2n) is 8.63. The molecule has 1 aliphatic rings. The van der Waals surface area contributed by atoms with Crippen molar-refractivity contribution >= 4 is 5.96 Å². The van der Waals surface area contributed by atoms with E-state index in [-0.39, 0.29) is 0 Å². The molecule has 0 amide bonds. The van der Waals surface area contributed by atoms with Crippen LogP contribution in [0, 0.1) is 5.92 Å². The van der Waals surface area contributed by atoms with Crippen molar-refractivity contribution in [1.82, 2.24) is 25.3 Å². The van der Waals surface area contributed by atoms with Gasteiger partial charge in [0.05, 0.1) is 6.04 Å². The van der Waals surface area contributed by atoms with Gasteiger partial charge in [0.2, 0.25) is 0 Å². The molecule has 2 N–H and O–H groups in total. The van der Waals surface area contributed by atoms with Crippen molar-refractivity contribution < 1.29 is 0 Å². The molecule has 0 aromatic heterocycles. The first kappa shape index (κ1) is 24.6. The van der Waals surface area contributed by atoms with Crippen LogP contribution in [0.25, 0.3) is 0 Å². The van der Waals surface area contributed by atoms with Crippen LogP contribution in [-0.2, 0) is 0 Å². The SMILES string of the molecule is CCN(CC)C(CNC(=NC)NCC(C(C)C)N1CCN(C)CC1)c1ccccc1. The largest absolute Gasteiger partial charge is 0.355 e. The van der Waals surface area contributed by atoms with E-state index in [9.17, 15) is 0 Å². The van der Waals surface area contributed by atoms with Crippen molar-refractivity contribution in [3.8, 4) is 0 Å². The van der Waals surface area contributed by atoms with Gasteiger partial charge in [0, 0.05) is 52.4 Å². The Kier molecular flexibility index (Phi) is 10.6. The number of nitrogens with one attached hydrogen (secondary N) is 2. The molecule has 0 bridgehead atoms. The van der Waals surface area contributed by atoms with Gasteiger partial charge in [0.1, 0.15) is 0 Å². The molecule has 2 rings (SSSR count). The number of guanidine groups is 1. The van der Waals surface area contributed by atoms with Gasteiger partial charge in [-0.25, -0.2) is 0 Å². The van der Waals surface area contributed by atoms with Crippen LogP contribution in [-0.4, -0.2) is 93.2 Å². The zero-order valence-electron chi connectivity index (χ0n) is 20.1. The Morgan fingerprint density at radius 1 is 1.00 bits per heavy atom. The van der Waals surface area contributed by atoms with E-state index in [4.69, 9.17) is 0 Å². The standard InChI is InChI=1S/C24H44N6/c1-7-29(8-2)23(21-12-10-9-11-13-21)19-27-24(25-5)26-18-22(20(3)4)30-16-14-28(6)15-17-30/h9-13,20,22-23H,7-8,14-19H2,1-6H3,(H2,25,26,27).